The lowest BCUT2D eigenvalue weighted by molar-refractivity contribution is -0.365. The Morgan fingerprint density at radius 2 is 1.24 bits per heavy atom. The highest BCUT2D eigenvalue weighted by Crippen LogP contribution is 2.68. The number of carbonyl (C=O) groups is 2. The summed E-state index contributed by atoms with van der Waals surface area (Å²) in [6, 6.07) is 0. The summed E-state index contributed by atoms with van der Waals surface area (Å²) in [6.45, 7) is 16.8. The van der Waals surface area contributed by atoms with Crippen molar-refractivity contribution in [2.24, 2.45) is 28.6 Å². The van der Waals surface area contributed by atoms with Gasteiger partial charge < -0.3 is 76.9 Å². The minimum atomic E-state index is -1.24. The first kappa shape index (κ1) is 56.2. The Hall–Kier alpha value is -1.98. The van der Waals surface area contributed by atoms with E-state index in [1.54, 1.807) is 41.1 Å². The number of fused-ring (bicyclic) bond motifs is 5. The molecule has 18 heteroatoms. The molecule has 8 aliphatic rings. The Kier molecular flexibility index (Phi) is 17.6. The summed E-state index contributed by atoms with van der Waals surface area (Å²) in [5, 5.41) is 34.9. The van der Waals surface area contributed by atoms with Crippen molar-refractivity contribution in [3.05, 3.63) is 23.3 Å². The quantitative estimate of drug-likeness (QED) is 0.109. The maximum Gasteiger partial charge on any atom is 0.333 e. The van der Waals surface area contributed by atoms with Gasteiger partial charge in [-0.25, -0.2) is 4.79 Å². The standard InChI is InChI=1S/C54H86O18/c1-14-26(2)50(58)69-40-22-36-35(54(59)20-18-34(27(3)55)53(40,54)9)16-15-32-21-33(17-19-52(32,36)8)68-41-24-38(61-11)46(29(5)65-41)70-43-25-39(62-12)47(30(6)66-43)72-51-45(57)49(63-13)48(31(7)67-51)71-42-23-37(60-10)44(56)28(4)64-42/h14-15,28-31,33-49,51,56-57,59H,16-25H2,1-13H3/b26-14+/t28?,29?,30?,31?,33?,34?,35?,36?,37-,38-,39-,40?,41+,42+,43+,44-,45?,46-,47-,48-,49-,51+,52?,53?,54?/m1/s1. The van der Waals surface area contributed by atoms with Crippen LogP contribution in [0.15, 0.2) is 23.3 Å². The largest absolute Gasteiger partial charge is 0.458 e. The van der Waals surface area contributed by atoms with E-state index in [2.05, 4.69) is 13.0 Å². The molecule has 4 heterocycles. The Morgan fingerprint density at radius 3 is 1.83 bits per heavy atom. The van der Waals surface area contributed by atoms with Crippen molar-refractivity contribution in [2.75, 3.05) is 28.4 Å². The molecule has 410 valence electrons. The van der Waals surface area contributed by atoms with Crippen molar-refractivity contribution in [3.8, 4) is 0 Å². The number of esters is 1. The van der Waals surface area contributed by atoms with E-state index in [9.17, 15) is 24.9 Å². The highest BCUT2D eigenvalue weighted by molar-refractivity contribution is 5.88. The summed E-state index contributed by atoms with van der Waals surface area (Å²) in [5.41, 5.74) is -0.484. The molecule has 0 spiro atoms. The molecule has 18 nitrogen and oxygen atoms in total. The van der Waals surface area contributed by atoms with Crippen molar-refractivity contribution in [3.63, 3.8) is 0 Å². The van der Waals surface area contributed by atoms with Gasteiger partial charge in [-0.3, -0.25) is 4.79 Å². The van der Waals surface area contributed by atoms with Crippen LogP contribution >= 0.6 is 0 Å². The summed E-state index contributed by atoms with van der Waals surface area (Å²) < 4.78 is 81.1. The second-order valence-electron chi connectivity index (χ2n) is 22.6. The SMILES string of the molecule is C/C=C(\C)C(=O)OC1CC2C(CC=C3CC(O[C@H]4C[C@@H](OC)[C@H](O[C@H]5C[C@@H](OC)[C@H](O[C@@H]6OC(C)[C@@H](O[C@H]7C[C@@H](OC)[C@H](O)C(C)O7)[C@H](OC)C6O)C(C)O5)C(C)O4)CCC32C)C2(O)CCC(C(C)=O)C12C. The number of Topliss-reactive ketones (excluding diaryl/α,β-unsaturated/α-hetero) is 1. The number of ketones is 1. The third-order valence-electron chi connectivity index (χ3n) is 18.9. The molecule has 0 bridgehead atoms. The molecule has 0 aromatic carbocycles. The van der Waals surface area contributed by atoms with Crippen LogP contribution in [0, 0.1) is 28.6 Å². The lowest BCUT2D eigenvalue weighted by Crippen LogP contribution is -2.66. The zero-order valence-corrected chi connectivity index (χ0v) is 44.9. The molecule has 4 aliphatic carbocycles. The van der Waals surface area contributed by atoms with E-state index in [0.29, 0.717) is 56.9 Å². The topological polar surface area (TPSA) is 215 Å². The predicted octanol–water partition coefficient (Wildman–Crippen LogP) is 5.23. The van der Waals surface area contributed by atoms with Crippen LogP contribution in [0.2, 0.25) is 0 Å². The average Bonchev–Trinajstić information content (AvgIpc) is 3.64. The van der Waals surface area contributed by atoms with Gasteiger partial charge in [0, 0.05) is 64.6 Å². The smallest absolute Gasteiger partial charge is 0.333 e. The molecule has 3 N–H and O–H groups in total. The van der Waals surface area contributed by atoms with Gasteiger partial charge in [0.25, 0.3) is 0 Å². The van der Waals surface area contributed by atoms with Crippen molar-refractivity contribution in [2.45, 2.75) is 249 Å². The second-order valence-corrected chi connectivity index (χ2v) is 22.6. The number of rotatable bonds is 15. The Bertz CT molecular complexity index is 1950. The lowest BCUT2D eigenvalue weighted by atomic mass is 9.45. The van der Waals surface area contributed by atoms with Gasteiger partial charge in [-0.15, -0.1) is 0 Å². The molecule has 4 saturated heterocycles. The number of allylic oxidation sites excluding steroid dienone is 2. The zero-order chi connectivity index (χ0) is 52.2. The number of methoxy groups -OCH3 is 4. The van der Waals surface area contributed by atoms with Crippen LogP contribution in [0.4, 0.5) is 0 Å². The Labute approximate surface area is 426 Å². The molecule has 3 saturated carbocycles. The first-order valence-corrected chi connectivity index (χ1v) is 26.6. The molecule has 0 aromatic rings. The van der Waals surface area contributed by atoms with Gasteiger partial charge in [0.2, 0.25) is 0 Å². The minimum absolute atomic E-state index is 0.0350. The first-order valence-electron chi connectivity index (χ1n) is 26.6. The van der Waals surface area contributed by atoms with Crippen molar-refractivity contribution in [1.29, 1.82) is 0 Å². The van der Waals surface area contributed by atoms with Crippen molar-refractivity contribution >= 4 is 11.8 Å². The van der Waals surface area contributed by atoms with Gasteiger partial charge in [0.1, 0.15) is 48.5 Å². The summed E-state index contributed by atoms with van der Waals surface area (Å²) in [4.78, 5) is 26.5. The first-order chi connectivity index (χ1) is 34.1. The van der Waals surface area contributed by atoms with Gasteiger partial charge in [0.05, 0.1) is 54.4 Å². The minimum Gasteiger partial charge on any atom is -0.458 e. The van der Waals surface area contributed by atoms with Crippen LogP contribution < -0.4 is 0 Å². The fourth-order valence-electron chi connectivity index (χ4n) is 14.5. The number of hydrogen-bond donors (Lipinski definition) is 3. The van der Waals surface area contributed by atoms with Crippen LogP contribution in [0.3, 0.4) is 0 Å². The van der Waals surface area contributed by atoms with E-state index in [4.69, 9.17) is 61.6 Å². The zero-order valence-electron chi connectivity index (χ0n) is 44.9. The van der Waals surface area contributed by atoms with Crippen LogP contribution in [0.5, 0.6) is 0 Å². The number of carbonyl (C=O) groups excluding carboxylic acids is 2. The maximum atomic E-state index is 13.4. The molecule has 0 aromatic heterocycles. The molecule has 4 aliphatic heterocycles. The number of hydrogen-bond acceptors (Lipinski definition) is 18. The maximum absolute atomic E-state index is 13.4. The van der Waals surface area contributed by atoms with Crippen molar-refractivity contribution < 1.29 is 86.5 Å². The Balaban J connectivity index is 0.864. The summed E-state index contributed by atoms with van der Waals surface area (Å²) in [6.07, 6.45) is -2.07. The number of ether oxygens (including phenoxy) is 13. The summed E-state index contributed by atoms with van der Waals surface area (Å²) >= 11 is 0. The fourth-order valence-corrected chi connectivity index (χ4v) is 14.5. The van der Waals surface area contributed by atoms with E-state index in [1.165, 1.54) is 19.8 Å². The van der Waals surface area contributed by atoms with Gasteiger partial charge in [-0.1, -0.05) is 31.6 Å². The molecule has 0 amide bonds. The molecule has 13 unspecified atom stereocenters. The molecular formula is C54H86O18. The van der Waals surface area contributed by atoms with E-state index in [1.807, 2.05) is 34.6 Å². The molecule has 0 radical (unpaired) electrons. The molecule has 8 rings (SSSR count). The van der Waals surface area contributed by atoms with E-state index in [0.717, 1.165) is 12.8 Å². The van der Waals surface area contributed by atoms with Gasteiger partial charge in [-0.05, 0) is 111 Å². The van der Waals surface area contributed by atoms with Gasteiger partial charge >= 0.3 is 5.97 Å². The number of aliphatic hydroxyl groups excluding tert-OH is 2. The van der Waals surface area contributed by atoms with Crippen molar-refractivity contribution in [1.82, 2.24) is 0 Å². The second kappa shape index (κ2) is 22.5. The molecule has 25 atom stereocenters. The average molecular weight is 1020 g/mol. The number of aliphatic hydroxyl groups is 3. The van der Waals surface area contributed by atoms with E-state index < -0.39 is 121 Å². The Morgan fingerprint density at radius 1 is 0.667 bits per heavy atom. The van der Waals surface area contributed by atoms with E-state index >= 15 is 0 Å². The highest BCUT2D eigenvalue weighted by Gasteiger charge is 2.71. The van der Waals surface area contributed by atoms with Crippen LogP contribution in [0.1, 0.15) is 127 Å². The highest BCUT2D eigenvalue weighted by atomic mass is 16.8. The summed E-state index contributed by atoms with van der Waals surface area (Å²) in [5.74, 6) is -0.765. The predicted molar refractivity (Wildman–Crippen MR) is 258 cm³/mol. The fraction of sp³-hybridized carbons (Fsp3) is 0.889. The normalized spacial score (nSPS) is 49.8. The molecule has 72 heavy (non-hydrogen) atoms. The van der Waals surface area contributed by atoms with Crippen LogP contribution in [-0.4, -0.2) is 178 Å². The molecular weight excluding hydrogens is 937 g/mol. The monoisotopic (exact) mass is 1020 g/mol. The third kappa shape index (κ3) is 10.3. The van der Waals surface area contributed by atoms with Gasteiger partial charge in [0.15, 0.2) is 25.2 Å². The third-order valence-corrected chi connectivity index (χ3v) is 18.9. The molecule has 7 fully saturated rings. The van der Waals surface area contributed by atoms with E-state index in [-0.39, 0.29) is 41.2 Å². The summed E-state index contributed by atoms with van der Waals surface area (Å²) in [7, 11) is 6.29. The van der Waals surface area contributed by atoms with Gasteiger partial charge in [-0.2, -0.15) is 0 Å². The van der Waals surface area contributed by atoms with Crippen LogP contribution in [-0.2, 0) is 71.2 Å². The lowest BCUT2D eigenvalue weighted by Gasteiger charge is -2.63. The van der Waals surface area contributed by atoms with Crippen LogP contribution in [0.25, 0.3) is 0 Å².